The molecule has 0 aliphatic rings. The molecule has 50 valence electrons. The van der Waals surface area contributed by atoms with Gasteiger partial charge < -0.3 is 10.3 Å². The number of rotatable bonds is 3. The lowest BCUT2D eigenvalue weighted by atomic mass is 10.2. The molecule has 1 rings (SSSR count). The predicted octanol–water partition coefficient (Wildman–Crippen LogP) is 0.566. The topological polar surface area (TPSA) is 52.0 Å². The Morgan fingerprint density at radius 2 is 2.56 bits per heavy atom. The van der Waals surface area contributed by atoms with Crippen LogP contribution in [-0.2, 0) is 6.42 Å². The van der Waals surface area contributed by atoms with E-state index in [2.05, 4.69) is 9.68 Å². The second-order valence-electron chi connectivity index (χ2n) is 1.88. The molecule has 0 saturated carbocycles. The Kier molecular flexibility index (Phi) is 2.27. The molecule has 3 nitrogen and oxygen atoms in total. The second kappa shape index (κ2) is 3.25. The maximum atomic E-state index is 5.29. The molecule has 3 heteroatoms. The zero-order valence-corrected chi connectivity index (χ0v) is 5.21. The van der Waals surface area contributed by atoms with Gasteiger partial charge in [-0.2, -0.15) is 0 Å². The van der Waals surface area contributed by atoms with Crippen LogP contribution in [0.4, 0.5) is 0 Å². The van der Waals surface area contributed by atoms with E-state index in [1.165, 1.54) is 0 Å². The monoisotopic (exact) mass is 126 g/mol. The highest BCUT2D eigenvalue weighted by Crippen LogP contribution is 1.96. The summed E-state index contributed by atoms with van der Waals surface area (Å²) in [4.78, 5) is 0. The summed E-state index contributed by atoms with van der Waals surface area (Å²) in [5.41, 5.74) is 6.27. The van der Waals surface area contributed by atoms with Crippen molar-refractivity contribution in [2.24, 2.45) is 5.73 Å². The highest BCUT2D eigenvalue weighted by molar-refractivity contribution is 4.94. The van der Waals surface area contributed by atoms with Crippen LogP contribution in [-0.4, -0.2) is 11.7 Å². The molecule has 0 saturated heterocycles. The van der Waals surface area contributed by atoms with E-state index in [0.717, 1.165) is 18.5 Å². The molecule has 1 heterocycles. The van der Waals surface area contributed by atoms with Crippen molar-refractivity contribution in [1.82, 2.24) is 5.16 Å². The van der Waals surface area contributed by atoms with Crippen molar-refractivity contribution in [1.29, 1.82) is 0 Å². The molecule has 0 atom stereocenters. The van der Waals surface area contributed by atoms with Gasteiger partial charge >= 0.3 is 0 Å². The Labute approximate surface area is 53.8 Å². The summed E-state index contributed by atoms with van der Waals surface area (Å²) in [7, 11) is 0. The lowest BCUT2D eigenvalue weighted by Crippen LogP contribution is -2.00. The van der Waals surface area contributed by atoms with Gasteiger partial charge in [-0.1, -0.05) is 5.16 Å². The Morgan fingerprint density at radius 3 is 3.11 bits per heavy atom. The van der Waals surface area contributed by atoms with Gasteiger partial charge in [0, 0.05) is 6.07 Å². The van der Waals surface area contributed by atoms with Gasteiger partial charge in [0.2, 0.25) is 0 Å². The van der Waals surface area contributed by atoms with E-state index < -0.39 is 0 Å². The predicted molar refractivity (Wildman–Crippen MR) is 33.9 cm³/mol. The SMILES string of the molecule is NCCCc1ccon1. The molecule has 0 radical (unpaired) electrons. The van der Waals surface area contributed by atoms with E-state index in [0.29, 0.717) is 6.54 Å². The standard InChI is InChI=1S/C6H10N2O/c7-4-1-2-6-3-5-9-8-6/h3,5H,1-2,4,7H2. The van der Waals surface area contributed by atoms with Crippen LogP contribution in [0, 0.1) is 0 Å². The Morgan fingerprint density at radius 1 is 1.67 bits per heavy atom. The Hall–Kier alpha value is -0.830. The fourth-order valence-electron chi connectivity index (χ4n) is 0.650. The molecule has 0 aliphatic carbocycles. The van der Waals surface area contributed by atoms with Crippen molar-refractivity contribution in [3.63, 3.8) is 0 Å². The molecule has 2 N–H and O–H groups in total. The Balaban J connectivity index is 2.30. The number of nitrogens with two attached hydrogens (primary N) is 1. The molecule has 0 aromatic carbocycles. The molecule has 0 amide bonds. The van der Waals surface area contributed by atoms with Crippen LogP contribution in [0.2, 0.25) is 0 Å². The smallest absolute Gasteiger partial charge is 0.124 e. The maximum absolute atomic E-state index is 5.29. The summed E-state index contributed by atoms with van der Waals surface area (Å²) in [5.74, 6) is 0. The zero-order chi connectivity index (χ0) is 6.53. The van der Waals surface area contributed by atoms with Crippen LogP contribution in [0.1, 0.15) is 12.1 Å². The van der Waals surface area contributed by atoms with Crippen LogP contribution in [0.3, 0.4) is 0 Å². The average Bonchev–Trinajstić information content (AvgIpc) is 2.34. The minimum absolute atomic E-state index is 0.715. The minimum Gasteiger partial charge on any atom is -0.365 e. The summed E-state index contributed by atoms with van der Waals surface area (Å²) in [6.45, 7) is 0.715. The molecule has 1 aromatic rings. The lowest BCUT2D eigenvalue weighted by Gasteiger charge is -1.88. The molecule has 9 heavy (non-hydrogen) atoms. The third kappa shape index (κ3) is 1.85. The van der Waals surface area contributed by atoms with Crippen LogP contribution in [0.25, 0.3) is 0 Å². The third-order valence-electron chi connectivity index (χ3n) is 1.13. The Bertz CT molecular complexity index is 148. The van der Waals surface area contributed by atoms with E-state index in [1.54, 1.807) is 6.26 Å². The number of aryl methyl sites for hydroxylation is 1. The maximum Gasteiger partial charge on any atom is 0.124 e. The highest BCUT2D eigenvalue weighted by Gasteiger charge is 1.92. The number of aromatic nitrogens is 1. The fraction of sp³-hybridized carbons (Fsp3) is 0.500. The van der Waals surface area contributed by atoms with Crippen molar-refractivity contribution in [2.75, 3.05) is 6.54 Å². The first-order chi connectivity index (χ1) is 4.43. The molecular formula is C6H10N2O. The summed E-state index contributed by atoms with van der Waals surface area (Å²) >= 11 is 0. The number of hydrogen-bond acceptors (Lipinski definition) is 3. The van der Waals surface area contributed by atoms with Gasteiger partial charge in [0.1, 0.15) is 6.26 Å². The first kappa shape index (κ1) is 6.29. The van der Waals surface area contributed by atoms with E-state index >= 15 is 0 Å². The quantitative estimate of drug-likeness (QED) is 0.644. The average molecular weight is 126 g/mol. The molecule has 0 unspecified atom stereocenters. The van der Waals surface area contributed by atoms with Crippen molar-refractivity contribution < 1.29 is 4.52 Å². The van der Waals surface area contributed by atoms with Gasteiger partial charge in [0.05, 0.1) is 5.69 Å². The lowest BCUT2D eigenvalue weighted by molar-refractivity contribution is 0.411. The first-order valence-electron chi connectivity index (χ1n) is 3.03. The van der Waals surface area contributed by atoms with Crippen LogP contribution in [0.5, 0.6) is 0 Å². The van der Waals surface area contributed by atoms with E-state index in [9.17, 15) is 0 Å². The molecule has 0 spiro atoms. The summed E-state index contributed by atoms with van der Waals surface area (Å²) in [6.07, 6.45) is 3.48. The number of nitrogens with zero attached hydrogens (tertiary/aromatic N) is 1. The van der Waals surface area contributed by atoms with Crippen LogP contribution >= 0.6 is 0 Å². The third-order valence-corrected chi connectivity index (χ3v) is 1.13. The molecule has 1 aromatic heterocycles. The molecule has 0 fully saturated rings. The van der Waals surface area contributed by atoms with Crippen molar-refractivity contribution in [2.45, 2.75) is 12.8 Å². The van der Waals surface area contributed by atoms with Crippen LogP contribution < -0.4 is 5.73 Å². The van der Waals surface area contributed by atoms with Gasteiger partial charge in [-0.05, 0) is 19.4 Å². The largest absolute Gasteiger partial charge is 0.365 e. The van der Waals surface area contributed by atoms with E-state index in [1.807, 2.05) is 6.07 Å². The van der Waals surface area contributed by atoms with Gasteiger partial charge in [0.15, 0.2) is 0 Å². The first-order valence-corrected chi connectivity index (χ1v) is 3.03. The summed E-state index contributed by atoms with van der Waals surface area (Å²) < 4.78 is 4.62. The van der Waals surface area contributed by atoms with Crippen LogP contribution in [0.15, 0.2) is 16.9 Å². The molecule has 0 aliphatic heterocycles. The van der Waals surface area contributed by atoms with Crippen molar-refractivity contribution in [3.05, 3.63) is 18.0 Å². The van der Waals surface area contributed by atoms with Crippen molar-refractivity contribution in [3.8, 4) is 0 Å². The fourth-order valence-corrected chi connectivity index (χ4v) is 0.650. The summed E-state index contributed by atoms with van der Waals surface area (Å²) in [6, 6.07) is 1.86. The van der Waals surface area contributed by atoms with Gasteiger partial charge in [-0.15, -0.1) is 0 Å². The van der Waals surface area contributed by atoms with Gasteiger partial charge in [-0.3, -0.25) is 0 Å². The van der Waals surface area contributed by atoms with Gasteiger partial charge in [-0.25, -0.2) is 0 Å². The molecule has 0 bridgehead atoms. The minimum atomic E-state index is 0.715. The molecular weight excluding hydrogens is 116 g/mol. The van der Waals surface area contributed by atoms with E-state index in [-0.39, 0.29) is 0 Å². The number of hydrogen-bond donors (Lipinski definition) is 1. The summed E-state index contributed by atoms with van der Waals surface area (Å²) in [5, 5.41) is 3.72. The normalized spacial score (nSPS) is 9.89. The van der Waals surface area contributed by atoms with Gasteiger partial charge in [0.25, 0.3) is 0 Å². The second-order valence-corrected chi connectivity index (χ2v) is 1.88. The zero-order valence-electron chi connectivity index (χ0n) is 5.21. The van der Waals surface area contributed by atoms with E-state index in [4.69, 9.17) is 5.73 Å². The highest BCUT2D eigenvalue weighted by atomic mass is 16.5. The van der Waals surface area contributed by atoms with Crippen molar-refractivity contribution >= 4 is 0 Å².